The zero-order chi connectivity index (χ0) is 13.7. The molecule has 1 aliphatic rings. The second-order valence-electron chi connectivity index (χ2n) is 5.47. The Morgan fingerprint density at radius 1 is 1.26 bits per heavy atom. The molecular weight excluding hydrogens is 243 g/mol. The maximum atomic E-state index is 13.4. The fourth-order valence-corrected chi connectivity index (χ4v) is 2.65. The van der Waals surface area contributed by atoms with Gasteiger partial charge in [0.05, 0.1) is 0 Å². The number of hydrogen-bond donors (Lipinski definition) is 2. The molecule has 19 heavy (non-hydrogen) atoms. The lowest BCUT2D eigenvalue weighted by atomic mass is 9.80. The van der Waals surface area contributed by atoms with E-state index in [0.29, 0.717) is 12.0 Å². The molecule has 0 unspecified atom stereocenters. The van der Waals surface area contributed by atoms with Gasteiger partial charge in [-0.25, -0.2) is 4.39 Å². The Balaban J connectivity index is 1.83. The van der Waals surface area contributed by atoms with E-state index < -0.39 is 0 Å². The van der Waals surface area contributed by atoms with Crippen LogP contribution in [0.3, 0.4) is 0 Å². The van der Waals surface area contributed by atoms with Gasteiger partial charge in [-0.2, -0.15) is 0 Å². The predicted molar refractivity (Wildman–Crippen MR) is 72.9 cm³/mol. The number of amides is 1. The average Bonchev–Trinajstić information content (AvgIpc) is 2.38. The fourth-order valence-electron chi connectivity index (χ4n) is 2.65. The van der Waals surface area contributed by atoms with E-state index in [-0.39, 0.29) is 23.8 Å². The number of nitrogens with one attached hydrogen (secondary N) is 1. The highest BCUT2D eigenvalue weighted by Gasteiger charge is 2.29. The van der Waals surface area contributed by atoms with E-state index in [1.54, 1.807) is 18.2 Å². The van der Waals surface area contributed by atoms with Crippen molar-refractivity contribution < 1.29 is 9.18 Å². The average molecular weight is 264 g/mol. The third-order valence-electron chi connectivity index (χ3n) is 3.80. The minimum atomic E-state index is -0.364. The molecule has 0 saturated heterocycles. The standard InChI is InChI=1S/C15H21FN2O/c16-13-7-3-2-6-12(13)11-18-14(19)10-15(17)8-4-1-5-9-15/h2-3,6-7H,1,4-5,8-11,17H2,(H,18,19). The predicted octanol–water partition coefficient (Wildman–Crippen LogP) is 2.49. The summed E-state index contributed by atoms with van der Waals surface area (Å²) in [4.78, 5) is 11.9. The normalized spacial score (nSPS) is 18.0. The first-order chi connectivity index (χ1) is 9.09. The van der Waals surface area contributed by atoms with Gasteiger partial charge in [0, 0.05) is 24.1 Å². The number of halogens is 1. The van der Waals surface area contributed by atoms with Crippen LogP contribution in [0.15, 0.2) is 24.3 Å². The van der Waals surface area contributed by atoms with Gasteiger partial charge in [0.25, 0.3) is 0 Å². The molecule has 1 fully saturated rings. The number of rotatable bonds is 4. The van der Waals surface area contributed by atoms with E-state index in [4.69, 9.17) is 5.73 Å². The number of hydrogen-bond acceptors (Lipinski definition) is 2. The zero-order valence-corrected chi connectivity index (χ0v) is 11.1. The molecule has 1 saturated carbocycles. The Kier molecular flexibility index (Phi) is 4.53. The second kappa shape index (κ2) is 6.15. The summed E-state index contributed by atoms with van der Waals surface area (Å²) >= 11 is 0. The first kappa shape index (κ1) is 14.0. The molecule has 0 spiro atoms. The monoisotopic (exact) mass is 264 g/mol. The molecule has 1 aromatic rings. The van der Waals surface area contributed by atoms with E-state index in [0.717, 1.165) is 25.7 Å². The van der Waals surface area contributed by atoms with Crippen LogP contribution in [0.2, 0.25) is 0 Å². The second-order valence-corrected chi connectivity index (χ2v) is 5.47. The van der Waals surface area contributed by atoms with Crippen molar-refractivity contribution in [1.82, 2.24) is 5.32 Å². The van der Waals surface area contributed by atoms with Crippen molar-refractivity contribution in [2.75, 3.05) is 0 Å². The van der Waals surface area contributed by atoms with Gasteiger partial charge >= 0.3 is 0 Å². The summed E-state index contributed by atoms with van der Waals surface area (Å²) in [5.41, 5.74) is 6.37. The molecule has 3 nitrogen and oxygen atoms in total. The van der Waals surface area contributed by atoms with Crippen LogP contribution in [0, 0.1) is 5.82 Å². The molecule has 0 heterocycles. The van der Waals surface area contributed by atoms with Crippen LogP contribution in [0.25, 0.3) is 0 Å². The summed E-state index contributed by atoms with van der Waals surface area (Å²) in [6.45, 7) is 0.224. The molecule has 3 N–H and O–H groups in total. The van der Waals surface area contributed by atoms with Gasteiger partial charge in [-0.3, -0.25) is 4.79 Å². The maximum absolute atomic E-state index is 13.4. The number of nitrogens with two attached hydrogens (primary N) is 1. The lowest BCUT2D eigenvalue weighted by Gasteiger charge is -2.32. The van der Waals surface area contributed by atoms with Crippen molar-refractivity contribution >= 4 is 5.91 Å². The Labute approximate surface area is 113 Å². The smallest absolute Gasteiger partial charge is 0.222 e. The quantitative estimate of drug-likeness (QED) is 0.878. The topological polar surface area (TPSA) is 55.1 Å². The van der Waals surface area contributed by atoms with Gasteiger partial charge in [-0.1, -0.05) is 37.5 Å². The van der Waals surface area contributed by atoms with Gasteiger partial charge < -0.3 is 11.1 Å². The van der Waals surface area contributed by atoms with Crippen LogP contribution in [0.5, 0.6) is 0 Å². The zero-order valence-electron chi connectivity index (χ0n) is 11.1. The van der Waals surface area contributed by atoms with Crippen molar-refractivity contribution in [3.05, 3.63) is 35.6 Å². The van der Waals surface area contributed by atoms with Gasteiger partial charge in [-0.15, -0.1) is 0 Å². The summed E-state index contributed by atoms with van der Waals surface area (Å²) in [6, 6.07) is 6.47. The van der Waals surface area contributed by atoms with Crippen LogP contribution in [-0.4, -0.2) is 11.4 Å². The van der Waals surface area contributed by atoms with Gasteiger partial charge in [-0.05, 0) is 18.9 Å². The van der Waals surface area contributed by atoms with E-state index in [9.17, 15) is 9.18 Å². The van der Waals surface area contributed by atoms with Crippen molar-refractivity contribution in [3.8, 4) is 0 Å². The molecule has 0 atom stereocenters. The minimum Gasteiger partial charge on any atom is -0.352 e. The first-order valence-electron chi connectivity index (χ1n) is 6.88. The van der Waals surface area contributed by atoms with E-state index in [2.05, 4.69) is 5.32 Å². The Morgan fingerprint density at radius 3 is 2.63 bits per heavy atom. The molecule has 0 aromatic heterocycles. The molecule has 4 heteroatoms. The molecule has 0 radical (unpaired) electrons. The summed E-state index contributed by atoms with van der Waals surface area (Å²) in [7, 11) is 0. The summed E-state index contributed by atoms with van der Waals surface area (Å²) in [5.74, 6) is -0.379. The lowest BCUT2D eigenvalue weighted by Crippen LogP contribution is -2.45. The fraction of sp³-hybridized carbons (Fsp3) is 0.533. The largest absolute Gasteiger partial charge is 0.352 e. The third-order valence-corrected chi connectivity index (χ3v) is 3.80. The molecule has 0 aliphatic heterocycles. The van der Waals surface area contributed by atoms with Crippen molar-refractivity contribution in [1.29, 1.82) is 0 Å². The number of benzene rings is 1. The summed E-state index contributed by atoms with van der Waals surface area (Å²) in [5, 5.41) is 2.75. The Morgan fingerprint density at radius 2 is 1.95 bits per heavy atom. The minimum absolute atomic E-state index is 0.0901. The van der Waals surface area contributed by atoms with E-state index in [1.807, 2.05) is 0 Å². The van der Waals surface area contributed by atoms with Crippen LogP contribution < -0.4 is 11.1 Å². The van der Waals surface area contributed by atoms with Gasteiger partial charge in [0.2, 0.25) is 5.91 Å². The maximum Gasteiger partial charge on any atom is 0.222 e. The van der Waals surface area contributed by atoms with Crippen molar-refractivity contribution in [2.45, 2.75) is 50.6 Å². The van der Waals surface area contributed by atoms with E-state index in [1.165, 1.54) is 12.5 Å². The van der Waals surface area contributed by atoms with Gasteiger partial charge in [0.1, 0.15) is 5.82 Å². The third kappa shape index (κ3) is 4.03. The highest BCUT2D eigenvalue weighted by Crippen LogP contribution is 2.28. The molecule has 1 aliphatic carbocycles. The molecule has 1 aromatic carbocycles. The van der Waals surface area contributed by atoms with Crippen LogP contribution in [-0.2, 0) is 11.3 Å². The molecular formula is C15H21FN2O. The number of carbonyl (C=O) groups excluding carboxylic acids is 1. The van der Waals surface area contributed by atoms with Crippen LogP contribution in [0.1, 0.15) is 44.1 Å². The molecule has 0 bridgehead atoms. The summed E-state index contributed by atoms with van der Waals surface area (Å²) in [6.07, 6.45) is 5.53. The molecule has 1 amide bonds. The SMILES string of the molecule is NC1(CC(=O)NCc2ccccc2F)CCCCC1. The highest BCUT2D eigenvalue weighted by molar-refractivity contribution is 5.77. The van der Waals surface area contributed by atoms with Crippen LogP contribution >= 0.6 is 0 Å². The van der Waals surface area contributed by atoms with Crippen LogP contribution in [0.4, 0.5) is 4.39 Å². The summed E-state index contributed by atoms with van der Waals surface area (Å²) < 4.78 is 13.4. The molecule has 2 rings (SSSR count). The molecule has 104 valence electrons. The number of carbonyl (C=O) groups is 1. The van der Waals surface area contributed by atoms with Crippen molar-refractivity contribution in [3.63, 3.8) is 0 Å². The lowest BCUT2D eigenvalue weighted by molar-refractivity contribution is -0.122. The van der Waals surface area contributed by atoms with E-state index >= 15 is 0 Å². The first-order valence-corrected chi connectivity index (χ1v) is 6.88. The van der Waals surface area contributed by atoms with Gasteiger partial charge in [0.15, 0.2) is 0 Å². The van der Waals surface area contributed by atoms with Crippen molar-refractivity contribution in [2.24, 2.45) is 5.73 Å². The Bertz CT molecular complexity index is 442. The Hall–Kier alpha value is -1.42. The highest BCUT2D eigenvalue weighted by atomic mass is 19.1.